The Morgan fingerprint density at radius 1 is 1.12 bits per heavy atom. The van der Waals surface area contributed by atoms with Crippen LogP contribution in [0, 0.1) is 11.8 Å². The fourth-order valence-corrected chi connectivity index (χ4v) is 6.96. The molecule has 2 fully saturated rings. The zero-order chi connectivity index (χ0) is 28.5. The van der Waals surface area contributed by atoms with Gasteiger partial charge in [-0.2, -0.15) is 0 Å². The first-order valence-electron chi connectivity index (χ1n) is 14.5. The minimum Gasteiger partial charge on any atom is -0.487 e. The van der Waals surface area contributed by atoms with E-state index in [2.05, 4.69) is 15.3 Å². The molecule has 3 aromatic rings. The Bertz CT molecular complexity index is 1440. The average molecular weight is 579 g/mol. The van der Waals surface area contributed by atoms with E-state index in [1.807, 2.05) is 44.8 Å². The van der Waals surface area contributed by atoms with E-state index in [1.54, 1.807) is 13.2 Å². The number of amides is 3. The number of nitrogens with zero attached hydrogens (tertiary/aromatic N) is 5. The van der Waals surface area contributed by atoms with Gasteiger partial charge in [-0.05, 0) is 49.4 Å². The maximum absolute atomic E-state index is 14.3. The third-order valence-electron chi connectivity index (χ3n) is 8.75. The summed E-state index contributed by atoms with van der Waals surface area (Å²) in [6, 6.07) is 5.08. The van der Waals surface area contributed by atoms with Gasteiger partial charge in [0, 0.05) is 74.1 Å². The summed E-state index contributed by atoms with van der Waals surface area (Å²) in [4.78, 5) is 52.4. The number of imidazole rings is 1. The highest BCUT2D eigenvalue weighted by molar-refractivity contribution is 6.31. The first kappa shape index (κ1) is 27.5. The molecule has 2 aliphatic heterocycles. The Labute approximate surface area is 244 Å². The molecule has 1 aliphatic carbocycles. The van der Waals surface area contributed by atoms with Gasteiger partial charge < -0.3 is 19.9 Å². The molecular formula is C30H35ClN6O4. The fraction of sp³-hybridized carbons (Fsp3) is 0.500. The van der Waals surface area contributed by atoms with Crippen molar-refractivity contribution in [1.82, 2.24) is 29.5 Å². The summed E-state index contributed by atoms with van der Waals surface area (Å²) in [7, 11) is 1.63. The molecule has 0 radical (unpaired) electrons. The highest BCUT2D eigenvalue weighted by Gasteiger charge is 2.43. The SMILES string of the molecule is CNC(=O)[C@H]1CCCC[C@H]1C(=O)N1CCc2c(Cl)ccc(OCc3cn4cccnc4n3)c2C1CN1CCCC1=O. The van der Waals surface area contributed by atoms with Gasteiger partial charge >= 0.3 is 0 Å². The normalized spacial score (nSPS) is 22.6. The van der Waals surface area contributed by atoms with Crippen molar-refractivity contribution < 1.29 is 19.1 Å². The van der Waals surface area contributed by atoms with Crippen LogP contribution in [-0.4, -0.2) is 68.6 Å². The molecule has 10 nitrogen and oxygen atoms in total. The van der Waals surface area contributed by atoms with E-state index in [0.29, 0.717) is 61.9 Å². The second kappa shape index (κ2) is 11.7. The molecule has 11 heteroatoms. The lowest BCUT2D eigenvalue weighted by atomic mass is 9.77. The van der Waals surface area contributed by atoms with Crippen molar-refractivity contribution in [2.75, 3.05) is 26.7 Å². The monoisotopic (exact) mass is 578 g/mol. The molecule has 1 saturated carbocycles. The van der Waals surface area contributed by atoms with Crippen LogP contribution in [0.4, 0.5) is 0 Å². The number of carbonyl (C=O) groups excluding carboxylic acids is 3. The van der Waals surface area contributed by atoms with Gasteiger partial charge in [0.05, 0.1) is 11.7 Å². The lowest BCUT2D eigenvalue weighted by molar-refractivity contribution is -0.147. The van der Waals surface area contributed by atoms with Crippen molar-refractivity contribution in [2.45, 2.75) is 57.6 Å². The first-order chi connectivity index (χ1) is 19.9. The zero-order valence-corrected chi connectivity index (χ0v) is 24.0. The number of benzene rings is 1. The van der Waals surface area contributed by atoms with Gasteiger partial charge in [-0.1, -0.05) is 24.4 Å². The first-order valence-corrected chi connectivity index (χ1v) is 14.8. The fourth-order valence-electron chi connectivity index (χ4n) is 6.70. The Morgan fingerprint density at radius 2 is 1.95 bits per heavy atom. The van der Waals surface area contributed by atoms with Crippen molar-refractivity contribution in [3.8, 4) is 5.75 Å². The van der Waals surface area contributed by atoms with Gasteiger partial charge in [0.1, 0.15) is 12.4 Å². The summed E-state index contributed by atoms with van der Waals surface area (Å²) >= 11 is 6.74. The minimum atomic E-state index is -0.433. The summed E-state index contributed by atoms with van der Waals surface area (Å²) in [5, 5.41) is 3.38. The third kappa shape index (κ3) is 5.37. The third-order valence-corrected chi connectivity index (χ3v) is 9.10. The van der Waals surface area contributed by atoms with E-state index < -0.39 is 12.0 Å². The van der Waals surface area contributed by atoms with E-state index in [-0.39, 0.29) is 30.2 Å². The van der Waals surface area contributed by atoms with Crippen molar-refractivity contribution in [1.29, 1.82) is 0 Å². The molecule has 2 aromatic heterocycles. The molecule has 3 aliphatic rings. The van der Waals surface area contributed by atoms with Crippen LogP contribution in [0.3, 0.4) is 0 Å². The smallest absolute Gasteiger partial charge is 0.234 e. The van der Waals surface area contributed by atoms with Crippen LogP contribution in [0.25, 0.3) is 5.78 Å². The molecule has 1 saturated heterocycles. The molecular weight excluding hydrogens is 544 g/mol. The van der Waals surface area contributed by atoms with Crippen molar-refractivity contribution in [3.05, 3.63) is 58.6 Å². The second-order valence-corrected chi connectivity index (χ2v) is 11.5. The Hall–Kier alpha value is -3.66. The molecule has 6 rings (SSSR count). The summed E-state index contributed by atoms with van der Waals surface area (Å²) in [6.45, 7) is 1.70. The van der Waals surface area contributed by atoms with E-state index in [1.165, 1.54) is 0 Å². The number of nitrogens with one attached hydrogen (secondary N) is 1. The molecule has 41 heavy (non-hydrogen) atoms. The van der Waals surface area contributed by atoms with E-state index in [4.69, 9.17) is 16.3 Å². The quantitative estimate of drug-likeness (QED) is 0.459. The summed E-state index contributed by atoms with van der Waals surface area (Å²) in [6.07, 6.45) is 10.6. The number of rotatable bonds is 7. The van der Waals surface area contributed by atoms with Crippen LogP contribution in [0.15, 0.2) is 36.8 Å². The number of likely N-dealkylation sites (tertiary alicyclic amines) is 1. The number of aromatic nitrogens is 3. The van der Waals surface area contributed by atoms with E-state index in [0.717, 1.165) is 36.1 Å². The van der Waals surface area contributed by atoms with Crippen molar-refractivity contribution in [3.63, 3.8) is 0 Å². The second-order valence-electron chi connectivity index (χ2n) is 11.1. The lowest BCUT2D eigenvalue weighted by Gasteiger charge is -2.43. The van der Waals surface area contributed by atoms with E-state index >= 15 is 0 Å². The minimum absolute atomic E-state index is 0.0297. The number of carbonyl (C=O) groups is 3. The molecule has 1 unspecified atom stereocenters. The highest BCUT2D eigenvalue weighted by Crippen LogP contribution is 2.43. The lowest BCUT2D eigenvalue weighted by Crippen LogP contribution is -2.50. The predicted molar refractivity (Wildman–Crippen MR) is 152 cm³/mol. The summed E-state index contributed by atoms with van der Waals surface area (Å²) in [5.41, 5.74) is 2.50. The van der Waals surface area contributed by atoms with E-state index in [9.17, 15) is 14.4 Å². The molecule has 0 spiro atoms. The highest BCUT2D eigenvalue weighted by atomic mass is 35.5. The Morgan fingerprint density at radius 3 is 2.71 bits per heavy atom. The number of hydrogen-bond acceptors (Lipinski definition) is 6. The van der Waals surface area contributed by atoms with Crippen LogP contribution in [0.5, 0.6) is 5.75 Å². The number of halogens is 1. The van der Waals surface area contributed by atoms with Crippen LogP contribution < -0.4 is 10.1 Å². The van der Waals surface area contributed by atoms with Gasteiger partial charge in [0.15, 0.2) is 0 Å². The van der Waals surface area contributed by atoms with Crippen molar-refractivity contribution in [2.24, 2.45) is 11.8 Å². The van der Waals surface area contributed by atoms with Gasteiger partial charge in [-0.25, -0.2) is 9.97 Å². The molecule has 1 aromatic carbocycles. The van der Waals surface area contributed by atoms with Crippen LogP contribution in [0.1, 0.15) is 61.4 Å². The van der Waals surface area contributed by atoms with Crippen molar-refractivity contribution >= 4 is 35.1 Å². The number of fused-ring (bicyclic) bond motifs is 2. The molecule has 1 N–H and O–H groups in total. The Kier molecular flexibility index (Phi) is 7.84. The van der Waals surface area contributed by atoms with Crippen LogP contribution in [-0.2, 0) is 27.4 Å². The zero-order valence-electron chi connectivity index (χ0n) is 23.2. The maximum Gasteiger partial charge on any atom is 0.234 e. The summed E-state index contributed by atoms with van der Waals surface area (Å²) in [5.74, 6) is 0.442. The van der Waals surface area contributed by atoms with Crippen LogP contribution >= 0.6 is 11.6 Å². The Balaban J connectivity index is 1.35. The predicted octanol–water partition coefficient (Wildman–Crippen LogP) is 3.56. The maximum atomic E-state index is 14.3. The molecule has 3 atom stereocenters. The molecule has 0 bridgehead atoms. The van der Waals surface area contributed by atoms with Gasteiger partial charge in [-0.15, -0.1) is 0 Å². The van der Waals surface area contributed by atoms with Gasteiger partial charge in [0.2, 0.25) is 23.5 Å². The van der Waals surface area contributed by atoms with Crippen LogP contribution in [0.2, 0.25) is 5.02 Å². The topological polar surface area (TPSA) is 109 Å². The largest absolute Gasteiger partial charge is 0.487 e. The summed E-state index contributed by atoms with van der Waals surface area (Å²) < 4.78 is 8.22. The number of hydrogen-bond donors (Lipinski definition) is 1. The molecule has 3 amide bonds. The molecule has 4 heterocycles. The molecule has 216 valence electrons. The van der Waals surface area contributed by atoms with Gasteiger partial charge in [-0.3, -0.25) is 18.8 Å². The van der Waals surface area contributed by atoms with Gasteiger partial charge in [0.25, 0.3) is 0 Å². The standard InChI is InChI=1S/C30H35ClN6O4/c1-32-28(39)20-6-2-3-7-21(20)29(40)37-15-11-22-23(31)9-10-25(27(22)24(37)17-35-13-4-8-26(35)38)41-18-19-16-36-14-5-12-33-30(36)34-19/h5,9-10,12,14,16,20-21,24H,2-4,6-8,11,13,15,17-18H2,1H3,(H,32,39)/t20-,21+,24?/m0/s1. The number of ether oxygens (including phenoxy) is 1. The average Bonchev–Trinajstić information content (AvgIpc) is 3.61.